The number of benzene rings is 2. The summed E-state index contributed by atoms with van der Waals surface area (Å²) >= 11 is 0. The average molecular weight is 363 g/mol. The van der Waals surface area contributed by atoms with Gasteiger partial charge in [0.05, 0.1) is 11.8 Å². The van der Waals surface area contributed by atoms with Gasteiger partial charge < -0.3 is 9.15 Å². The Bertz CT molecular complexity index is 1000. The largest absolute Gasteiger partial charge is 0.482 e. The summed E-state index contributed by atoms with van der Waals surface area (Å²) in [6.45, 7) is -0.283. The van der Waals surface area contributed by atoms with E-state index in [0.29, 0.717) is 22.8 Å². The van der Waals surface area contributed by atoms with Gasteiger partial charge in [-0.3, -0.25) is 4.79 Å². The summed E-state index contributed by atoms with van der Waals surface area (Å²) in [5.74, 6) is 0.498. The van der Waals surface area contributed by atoms with Crippen molar-refractivity contribution in [3.8, 4) is 23.1 Å². The van der Waals surface area contributed by atoms with Gasteiger partial charge in [0.2, 0.25) is 0 Å². The molecule has 1 heterocycles. The maximum Gasteiger partial charge on any atom is 0.277 e. The van der Waals surface area contributed by atoms with Crippen molar-refractivity contribution in [3.05, 3.63) is 77.8 Å². The number of nitrogens with one attached hydrogen (secondary N) is 1. The van der Waals surface area contributed by atoms with E-state index in [0.717, 1.165) is 5.56 Å². The quantitative estimate of drug-likeness (QED) is 0.536. The fourth-order valence-corrected chi connectivity index (χ4v) is 2.22. The molecule has 0 aliphatic carbocycles. The normalized spacial score (nSPS) is 10.5. The van der Waals surface area contributed by atoms with Crippen molar-refractivity contribution >= 4 is 12.1 Å². The molecule has 3 rings (SSSR count). The van der Waals surface area contributed by atoms with Gasteiger partial charge in [-0.2, -0.15) is 10.4 Å². The van der Waals surface area contributed by atoms with Crippen LogP contribution in [0.15, 0.2) is 70.2 Å². The average Bonchev–Trinajstić information content (AvgIpc) is 3.16. The number of hydrogen-bond donors (Lipinski definition) is 1. The third-order valence-corrected chi connectivity index (χ3v) is 3.50. The molecule has 0 bridgehead atoms. The van der Waals surface area contributed by atoms with Crippen LogP contribution in [0, 0.1) is 17.1 Å². The topological polar surface area (TPSA) is 87.6 Å². The van der Waals surface area contributed by atoms with Crippen molar-refractivity contribution in [2.75, 3.05) is 6.61 Å². The Labute approximate surface area is 154 Å². The molecule has 0 aliphatic heterocycles. The fourth-order valence-electron chi connectivity index (χ4n) is 2.22. The molecule has 0 saturated carbocycles. The van der Waals surface area contributed by atoms with Gasteiger partial charge >= 0.3 is 0 Å². The van der Waals surface area contributed by atoms with Crippen molar-refractivity contribution in [1.29, 1.82) is 5.26 Å². The summed E-state index contributed by atoms with van der Waals surface area (Å²) < 4.78 is 23.8. The number of rotatable bonds is 6. The Morgan fingerprint density at radius 1 is 1.19 bits per heavy atom. The summed E-state index contributed by atoms with van der Waals surface area (Å²) in [6.07, 6.45) is 1.34. The first kappa shape index (κ1) is 17.9. The van der Waals surface area contributed by atoms with Crippen LogP contribution in [-0.4, -0.2) is 18.7 Å². The van der Waals surface area contributed by atoms with Crippen LogP contribution in [0.2, 0.25) is 0 Å². The minimum Gasteiger partial charge on any atom is -0.482 e. The summed E-state index contributed by atoms with van der Waals surface area (Å²) in [4.78, 5) is 11.8. The first-order valence-corrected chi connectivity index (χ1v) is 7.95. The highest BCUT2D eigenvalue weighted by molar-refractivity contribution is 5.81. The van der Waals surface area contributed by atoms with E-state index in [1.165, 1.54) is 18.3 Å². The third-order valence-electron chi connectivity index (χ3n) is 3.50. The van der Waals surface area contributed by atoms with Gasteiger partial charge in [0, 0.05) is 5.56 Å². The van der Waals surface area contributed by atoms with Gasteiger partial charge in [-0.25, -0.2) is 9.82 Å². The molecular weight excluding hydrogens is 349 g/mol. The Balaban J connectivity index is 1.52. The van der Waals surface area contributed by atoms with E-state index in [1.54, 1.807) is 48.5 Å². The first-order chi connectivity index (χ1) is 13.2. The second-order valence-electron chi connectivity index (χ2n) is 5.40. The van der Waals surface area contributed by atoms with Gasteiger partial charge in [0.25, 0.3) is 5.91 Å². The van der Waals surface area contributed by atoms with E-state index in [9.17, 15) is 9.18 Å². The summed E-state index contributed by atoms with van der Waals surface area (Å²) in [5.41, 5.74) is 3.38. The van der Waals surface area contributed by atoms with E-state index >= 15 is 0 Å². The molecule has 0 spiro atoms. The van der Waals surface area contributed by atoms with E-state index in [4.69, 9.17) is 14.4 Å². The van der Waals surface area contributed by atoms with E-state index < -0.39 is 5.91 Å². The Kier molecular flexibility index (Phi) is 5.60. The molecule has 2 aromatic carbocycles. The Morgan fingerprint density at radius 3 is 2.74 bits per heavy atom. The van der Waals surface area contributed by atoms with Crippen LogP contribution in [0.3, 0.4) is 0 Å². The molecule has 0 aliphatic rings. The first-order valence-electron chi connectivity index (χ1n) is 7.95. The number of amides is 1. The number of nitriles is 1. The molecule has 1 N–H and O–H groups in total. The van der Waals surface area contributed by atoms with Gasteiger partial charge in [-0.1, -0.05) is 12.1 Å². The van der Waals surface area contributed by atoms with Crippen molar-refractivity contribution in [2.24, 2.45) is 5.10 Å². The lowest BCUT2D eigenvalue weighted by Crippen LogP contribution is -2.24. The molecule has 3 aromatic rings. The van der Waals surface area contributed by atoms with Gasteiger partial charge in [0.15, 0.2) is 6.61 Å². The van der Waals surface area contributed by atoms with Gasteiger partial charge in [-0.05, 0) is 48.5 Å². The van der Waals surface area contributed by atoms with E-state index in [2.05, 4.69) is 10.5 Å². The molecule has 0 fully saturated rings. The highest BCUT2D eigenvalue weighted by atomic mass is 19.1. The zero-order chi connectivity index (χ0) is 19.1. The second-order valence-corrected chi connectivity index (χ2v) is 5.40. The Hall–Kier alpha value is -3.92. The van der Waals surface area contributed by atoms with Crippen LogP contribution in [0.1, 0.15) is 11.3 Å². The standard InChI is InChI=1S/C20H14FN3O3/c21-16-7-5-14(6-8-16)19-10-9-17(27-19)12-23-24-20(25)13-26-18-4-2-1-3-15(18)11-22/h1-10,12H,13H2,(H,24,25). The number of hydrogen-bond acceptors (Lipinski definition) is 5. The predicted octanol–water partition coefficient (Wildman–Crippen LogP) is 3.49. The molecule has 0 atom stereocenters. The number of para-hydroxylation sites is 1. The zero-order valence-electron chi connectivity index (χ0n) is 14.1. The van der Waals surface area contributed by atoms with E-state index in [-0.39, 0.29) is 12.4 Å². The molecule has 0 unspecified atom stereocenters. The zero-order valence-corrected chi connectivity index (χ0v) is 14.1. The molecular formula is C20H14FN3O3. The Morgan fingerprint density at radius 2 is 1.96 bits per heavy atom. The summed E-state index contributed by atoms with van der Waals surface area (Å²) in [6, 6.07) is 17.9. The van der Waals surface area contributed by atoms with Gasteiger partial charge in [0.1, 0.15) is 29.2 Å². The van der Waals surface area contributed by atoms with E-state index in [1.807, 2.05) is 6.07 Å². The number of nitrogens with zero attached hydrogens (tertiary/aromatic N) is 2. The van der Waals surface area contributed by atoms with Crippen molar-refractivity contribution in [3.63, 3.8) is 0 Å². The number of halogens is 1. The van der Waals surface area contributed by atoms with Crippen LogP contribution < -0.4 is 10.2 Å². The van der Waals surface area contributed by atoms with Crippen LogP contribution in [0.4, 0.5) is 4.39 Å². The third kappa shape index (κ3) is 4.80. The molecule has 27 heavy (non-hydrogen) atoms. The van der Waals surface area contributed by atoms with Crippen molar-refractivity contribution < 1.29 is 18.3 Å². The van der Waals surface area contributed by atoms with Crippen LogP contribution in [0.25, 0.3) is 11.3 Å². The second kappa shape index (κ2) is 8.45. The number of ether oxygens (including phenoxy) is 1. The molecule has 1 aromatic heterocycles. The molecule has 134 valence electrons. The molecule has 0 saturated heterocycles. The maximum absolute atomic E-state index is 12.9. The molecule has 0 radical (unpaired) electrons. The number of furan rings is 1. The highest BCUT2D eigenvalue weighted by Gasteiger charge is 2.06. The summed E-state index contributed by atoms with van der Waals surface area (Å²) in [5, 5.41) is 12.8. The predicted molar refractivity (Wildman–Crippen MR) is 96.5 cm³/mol. The van der Waals surface area contributed by atoms with Crippen molar-refractivity contribution in [1.82, 2.24) is 5.43 Å². The van der Waals surface area contributed by atoms with Crippen LogP contribution in [0.5, 0.6) is 5.75 Å². The molecule has 7 heteroatoms. The smallest absolute Gasteiger partial charge is 0.277 e. The molecule has 6 nitrogen and oxygen atoms in total. The number of carbonyl (C=O) groups is 1. The monoisotopic (exact) mass is 363 g/mol. The molecule has 1 amide bonds. The van der Waals surface area contributed by atoms with Gasteiger partial charge in [-0.15, -0.1) is 0 Å². The minimum absolute atomic E-state index is 0.283. The highest BCUT2D eigenvalue weighted by Crippen LogP contribution is 2.21. The fraction of sp³-hybridized carbons (Fsp3) is 0.0500. The van der Waals surface area contributed by atoms with Crippen LogP contribution >= 0.6 is 0 Å². The lowest BCUT2D eigenvalue weighted by atomic mass is 10.2. The lowest BCUT2D eigenvalue weighted by molar-refractivity contribution is -0.123. The lowest BCUT2D eigenvalue weighted by Gasteiger charge is -2.05. The SMILES string of the molecule is N#Cc1ccccc1OCC(=O)NN=Cc1ccc(-c2ccc(F)cc2)o1. The number of carbonyl (C=O) groups excluding carboxylic acids is 1. The number of hydrazone groups is 1. The minimum atomic E-state index is -0.482. The summed E-state index contributed by atoms with van der Waals surface area (Å²) in [7, 11) is 0. The van der Waals surface area contributed by atoms with Crippen molar-refractivity contribution in [2.45, 2.75) is 0 Å². The van der Waals surface area contributed by atoms with Crippen LogP contribution in [-0.2, 0) is 4.79 Å². The maximum atomic E-state index is 12.9.